The van der Waals surface area contributed by atoms with Crippen LogP contribution < -0.4 is 4.74 Å². The van der Waals surface area contributed by atoms with Gasteiger partial charge in [-0.05, 0) is 42.3 Å². The molecule has 0 spiro atoms. The third-order valence-corrected chi connectivity index (χ3v) is 4.02. The quantitative estimate of drug-likeness (QED) is 0.660. The molecule has 0 radical (unpaired) electrons. The van der Waals surface area contributed by atoms with Crippen molar-refractivity contribution in [3.05, 3.63) is 62.0 Å². The van der Waals surface area contributed by atoms with Crippen molar-refractivity contribution in [2.75, 3.05) is 0 Å². The van der Waals surface area contributed by atoms with E-state index in [-0.39, 0.29) is 0 Å². The minimum atomic E-state index is 0.441. The van der Waals surface area contributed by atoms with Crippen LogP contribution >= 0.6 is 39.1 Å². The lowest BCUT2D eigenvalue weighted by Crippen LogP contribution is -1.97. The second-order valence-corrected chi connectivity index (χ2v) is 5.86. The Morgan fingerprint density at radius 3 is 2.47 bits per heavy atom. The van der Waals surface area contributed by atoms with E-state index in [9.17, 15) is 0 Å². The topological polar surface area (TPSA) is 9.23 Å². The number of rotatable bonds is 4. The Balaban J connectivity index is 2.10. The molecular weight excluding hydrogens is 347 g/mol. The lowest BCUT2D eigenvalue weighted by atomic mass is 10.1. The number of ether oxygens (including phenoxy) is 1. The molecule has 19 heavy (non-hydrogen) atoms. The first-order valence-electron chi connectivity index (χ1n) is 5.95. The Morgan fingerprint density at radius 1 is 1.00 bits per heavy atom. The van der Waals surface area contributed by atoms with E-state index in [2.05, 4.69) is 22.9 Å². The Morgan fingerprint density at radius 2 is 1.79 bits per heavy atom. The average molecular weight is 360 g/mol. The number of aryl methyl sites for hydroxylation is 1. The van der Waals surface area contributed by atoms with Gasteiger partial charge in [-0.25, -0.2) is 0 Å². The third-order valence-electron chi connectivity index (χ3n) is 2.81. The molecule has 4 heteroatoms. The zero-order chi connectivity index (χ0) is 13.8. The molecule has 2 aromatic rings. The van der Waals surface area contributed by atoms with Crippen LogP contribution in [-0.2, 0) is 13.0 Å². The number of halogens is 3. The average Bonchev–Trinajstić information content (AvgIpc) is 2.39. The molecule has 0 aliphatic rings. The second kappa shape index (κ2) is 6.65. The van der Waals surface area contributed by atoms with Gasteiger partial charge in [0.05, 0.1) is 0 Å². The largest absolute Gasteiger partial charge is 0.489 e. The SMILES string of the molecule is CCc1cc(OCc2ccc(Br)cc2Cl)ccc1Cl. The Bertz CT molecular complexity index is 584. The van der Waals surface area contributed by atoms with Crippen molar-refractivity contribution in [1.82, 2.24) is 0 Å². The molecule has 0 aliphatic carbocycles. The van der Waals surface area contributed by atoms with Gasteiger partial charge < -0.3 is 4.74 Å². The second-order valence-electron chi connectivity index (χ2n) is 4.13. The minimum absolute atomic E-state index is 0.441. The molecule has 0 amide bonds. The van der Waals surface area contributed by atoms with E-state index in [4.69, 9.17) is 27.9 Å². The van der Waals surface area contributed by atoms with Crippen LogP contribution in [-0.4, -0.2) is 0 Å². The van der Waals surface area contributed by atoms with Gasteiger partial charge in [-0.1, -0.05) is 52.1 Å². The first-order valence-corrected chi connectivity index (χ1v) is 7.50. The van der Waals surface area contributed by atoms with Gasteiger partial charge in [0, 0.05) is 20.1 Å². The van der Waals surface area contributed by atoms with Crippen molar-refractivity contribution < 1.29 is 4.74 Å². The smallest absolute Gasteiger partial charge is 0.120 e. The fraction of sp³-hybridized carbons (Fsp3) is 0.200. The maximum absolute atomic E-state index is 6.15. The van der Waals surface area contributed by atoms with Crippen molar-refractivity contribution >= 4 is 39.1 Å². The van der Waals surface area contributed by atoms with E-state index in [1.54, 1.807) is 0 Å². The lowest BCUT2D eigenvalue weighted by Gasteiger charge is -2.10. The zero-order valence-electron chi connectivity index (χ0n) is 10.4. The fourth-order valence-electron chi connectivity index (χ4n) is 1.71. The predicted molar refractivity (Wildman–Crippen MR) is 84.3 cm³/mol. The van der Waals surface area contributed by atoms with Crippen molar-refractivity contribution in [2.24, 2.45) is 0 Å². The lowest BCUT2D eigenvalue weighted by molar-refractivity contribution is 0.306. The highest BCUT2D eigenvalue weighted by atomic mass is 79.9. The van der Waals surface area contributed by atoms with Crippen LogP contribution in [0.3, 0.4) is 0 Å². The van der Waals surface area contributed by atoms with Crippen LogP contribution in [0, 0.1) is 0 Å². The zero-order valence-corrected chi connectivity index (χ0v) is 13.5. The van der Waals surface area contributed by atoms with Crippen LogP contribution in [0.15, 0.2) is 40.9 Å². The Kier molecular flexibility index (Phi) is 5.14. The van der Waals surface area contributed by atoms with E-state index >= 15 is 0 Å². The molecule has 2 rings (SSSR count). The molecule has 2 aromatic carbocycles. The molecule has 0 saturated carbocycles. The highest BCUT2D eigenvalue weighted by Gasteiger charge is 2.04. The normalized spacial score (nSPS) is 10.5. The minimum Gasteiger partial charge on any atom is -0.489 e. The van der Waals surface area contributed by atoms with Crippen molar-refractivity contribution in [2.45, 2.75) is 20.0 Å². The molecule has 0 heterocycles. The first kappa shape index (κ1) is 14.7. The van der Waals surface area contributed by atoms with Crippen molar-refractivity contribution in [3.8, 4) is 5.75 Å². The van der Waals surface area contributed by atoms with Crippen LogP contribution in [0.25, 0.3) is 0 Å². The molecule has 100 valence electrons. The summed E-state index contributed by atoms with van der Waals surface area (Å²) in [5.41, 5.74) is 2.04. The number of benzene rings is 2. The van der Waals surface area contributed by atoms with Crippen LogP contribution in [0.1, 0.15) is 18.1 Å². The maximum atomic E-state index is 6.15. The summed E-state index contributed by atoms with van der Waals surface area (Å²) in [6.07, 6.45) is 0.884. The molecule has 0 bridgehead atoms. The maximum Gasteiger partial charge on any atom is 0.120 e. The standard InChI is InChI=1S/C15H13BrCl2O/c1-2-10-7-13(5-6-14(10)17)19-9-11-3-4-12(16)8-15(11)18/h3-8H,2,9H2,1H3. The van der Waals surface area contributed by atoms with Crippen LogP contribution in [0.4, 0.5) is 0 Å². The van der Waals surface area contributed by atoms with Gasteiger partial charge >= 0.3 is 0 Å². The van der Waals surface area contributed by atoms with E-state index in [1.165, 1.54) is 0 Å². The van der Waals surface area contributed by atoms with E-state index in [0.717, 1.165) is 32.8 Å². The van der Waals surface area contributed by atoms with E-state index < -0.39 is 0 Å². The fourth-order valence-corrected chi connectivity index (χ4v) is 2.69. The van der Waals surface area contributed by atoms with Gasteiger partial charge in [-0.15, -0.1) is 0 Å². The van der Waals surface area contributed by atoms with Gasteiger partial charge in [0.15, 0.2) is 0 Å². The Hall–Kier alpha value is -0.700. The molecular formula is C15H13BrCl2O. The monoisotopic (exact) mass is 358 g/mol. The summed E-state index contributed by atoms with van der Waals surface area (Å²) in [4.78, 5) is 0. The third kappa shape index (κ3) is 3.88. The molecule has 0 saturated heterocycles. The summed E-state index contributed by atoms with van der Waals surface area (Å²) in [6.45, 7) is 2.51. The van der Waals surface area contributed by atoms with Gasteiger partial charge in [-0.3, -0.25) is 0 Å². The van der Waals surface area contributed by atoms with E-state index in [0.29, 0.717) is 11.6 Å². The summed E-state index contributed by atoms with van der Waals surface area (Å²) in [5, 5.41) is 1.47. The summed E-state index contributed by atoms with van der Waals surface area (Å²) in [5.74, 6) is 0.806. The van der Waals surface area contributed by atoms with Crippen LogP contribution in [0.2, 0.25) is 10.0 Å². The molecule has 0 aromatic heterocycles. The van der Waals surface area contributed by atoms with Gasteiger partial charge in [-0.2, -0.15) is 0 Å². The molecule has 1 nitrogen and oxygen atoms in total. The highest BCUT2D eigenvalue weighted by Crippen LogP contribution is 2.25. The molecule has 0 atom stereocenters. The van der Waals surface area contributed by atoms with Crippen molar-refractivity contribution in [3.63, 3.8) is 0 Å². The van der Waals surface area contributed by atoms with Gasteiger partial charge in [0.2, 0.25) is 0 Å². The molecule has 0 unspecified atom stereocenters. The summed E-state index contributed by atoms with van der Waals surface area (Å²) in [7, 11) is 0. The number of hydrogen-bond donors (Lipinski definition) is 0. The van der Waals surface area contributed by atoms with Crippen molar-refractivity contribution in [1.29, 1.82) is 0 Å². The molecule has 0 aliphatic heterocycles. The number of hydrogen-bond acceptors (Lipinski definition) is 1. The summed E-state index contributed by atoms with van der Waals surface area (Å²) in [6, 6.07) is 11.5. The highest BCUT2D eigenvalue weighted by molar-refractivity contribution is 9.10. The summed E-state index contributed by atoms with van der Waals surface area (Å²) < 4.78 is 6.71. The predicted octanol–water partition coefficient (Wildman–Crippen LogP) is 5.90. The first-order chi connectivity index (χ1) is 9.10. The summed E-state index contributed by atoms with van der Waals surface area (Å²) >= 11 is 15.6. The van der Waals surface area contributed by atoms with E-state index in [1.807, 2.05) is 36.4 Å². The van der Waals surface area contributed by atoms with Crippen LogP contribution in [0.5, 0.6) is 5.75 Å². The Labute approximate surface area is 131 Å². The van der Waals surface area contributed by atoms with Gasteiger partial charge in [0.1, 0.15) is 12.4 Å². The molecule has 0 N–H and O–H groups in total. The molecule has 0 fully saturated rings. The van der Waals surface area contributed by atoms with Gasteiger partial charge in [0.25, 0.3) is 0 Å².